The number of sulfonamides is 1. The molecule has 2 fully saturated rings. The van der Waals surface area contributed by atoms with E-state index in [2.05, 4.69) is 10.2 Å². The molecule has 3 rings (SSSR count). The van der Waals surface area contributed by atoms with Crippen LogP contribution in [0.1, 0.15) is 19.8 Å². The highest BCUT2D eigenvalue weighted by Gasteiger charge is 2.33. The molecule has 0 aromatic heterocycles. The summed E-state index contributed by atoms with van der Waals surface area (Å²) in [6.45, 7) is 5.66. The third-order valence-electron chi connectivity index (χ3n) is 4.73. The lowest BCUT2D eigenvalue weighted by atomic mass is 10.1. The number of carbonyl (C=O) groups is 1. The van der Waals surface area contributed by atoms with Gasteiger partial charge in [0.15, 0.2) is 0 Å². The Bertz CT molecular complexity index is 699. The van der Waals surface area contributed by atoms with E-state index in [1.807, 2.05) is 0 Å². The minimum Gasteiger partial charge on any atom is -0.379 e. The Morgan fingerprint density at radius 3 is 2.48 bits per heavy atom. The normalized spacial score (nSPS) is 23.3. The lowest BCUT2D eigenvalue weighted by Gasteiger charge is -2.40. The number of ether oxygens (including phenoxy) is 1. The molecule has 0 aliphatic carbocycles. The van der Waals surface area contributed by atoms with E-state index in [0.717, 1.165) is 25.9 Å². The molecule has 1 N–H and O–H groups in total. The average Bonchev–Trinajstić information content (AvgIpc) is 2.62. The number of amides is 1. The van der Waals surface area contributed by atoms with Gasteiger partial charge in [-0.05, 0) is 37.1 Å². The van der Waals surface area contributed by atoms with Crippen LogP contribution in [0.3, 0.4) is 0 Å². The van der Waals surface area contributed by atoms with Crippen LogP contribution in [0.5, 0.6) is 0 Å². The maximum absolute atomic E-state index is 12.9. The smallest absolute Gasteiger partial charge is 0.243 e. The fourth-order valence-corrected chi connectivity index (χ4v) is 4.96. The summed E-state index contributed by atoms with van der Waals surface area (Å²) in [4.78, 5) is 13.7. The van der Waals surface area contributed by atoms with Crippen molar-refractivity contribution in [3.05, 3.63) is 24.3 Å². The Morgan fingerprint density at radius 1 is 1.16 bits per heavy atom. The van der Waals surface area contributed by atoms with Crippen molar-refractivity contribution in [2.24, 2.45) is 0 Å². The number of anilines is 1. The van der Waals surface area contributed by atoms with Gasteiger partial charge in [-0.2, -0.15) is 4.31 Å². The second-order valence-corrected chi connectivity index (χ2v) is 8.45. The second-order valence-electron chi connectivity index (χ2n) is 6.51. The van der Waals surface area contributed by atoms with E-state index in [1.165, 1.54) is 6.92 Å². The first-order valence-corrected chi connectivity index (χ1v) is 10.1. The van der Waals surface area contributed by atoms with E-state index in [0.29, 0.717) is 32.0 Å². The first-order valence-electron chi connectivity index (χ1n) is 8.66. The molecule has 8 heteroatoms. The van der Waals surface area contributed by atoms with Crippen molar-refractivity contribution >= 4 is 21.6 Å². The Hall–Kier alpha value is -1.48. The zero-order valence-corrected chi connectivity index (χ0v) is 15.3. The van der Waals surface area contributed by atoms with Gasteiger partial charge in [0.1, 0.15) is 0 Å². The summed E-state index contributed by atoms with van der Waals surface area (Å²) < 4.78 is 32.9. The molecule has 2 saturated heterocycles. The summed E-state index contributed by atoms with van der Waals surface area (Å²) in [6.07, 6.45) is 1.89. The predicted octanol–water partition coefficient (Wildman–Crippen LogP) is 1.13. The summed E-state index contributed by atoms with van der Waals surface area (Å²) in [5.74, 6) is -0.181. The number of benzene rings is 1. The number of carbonyl (C=O) groups excluding carboxylic acids is 1. The number of nitrogens with one attached hydrogen (secondary N) is 1. The molecule has 0 spiro atoms. The topological polar surface area (TPSA) is 79.0 Å². The van der Waals surface area contributed by atoms with Crippen LogP contribution < -0.4 is 5.32 Å². The van der Waals surface area contributed by atoms with Crippen molar-refractivity contribution < 1.29 is 17.9 Å². The highest BCUT2D eigenvalue weighted by molar-refractivity contribution is 7.89. The monoisotopic (exact) mass is 367 g/mol. The number of nitrogens with zero attached hydrogens (tertiary/aromatic N) is 2. The minimum absolute atomic E-state index is 0.181. The number of morpholine rings is 1. The third-order valence-corrected chi connectivity index (χ3v) is 6.61. The standard InChI is InChI=1S/C17H25N3O4S/c1-14(21)18-15-4-6-17(7-5-15)25(22,23)20-8-2-3-16(13-20)19-9-11-24-12-10-19/h4-7,16H,2-3,8-13H2,1H3,(H,18,21)/t16-/m0/s1. The van der Waals surface area contributed by atoms with Crippen molar-refractivity contribution in [1.29, 1.82) is 0 Å². The van der Waals surface area contributed by atoms with Gasteiger partial charge in [0, 0.05) is 44.8 Å². The van der Waals surface area contributed by atoms with Crippen LogP contribution in [-0.2, 0) is 19.6 Å². The zero-order chi connectivity index (χ0) is 17.9. The summed E-state index contributed by atoms with van der Waals surface area (Å²) in [5.41, 5.74) is 0.594. The van der Waals surface area contributed by atoms with E-state index in [-0.39, 0.29) is 16.8 Å². The molecule has 0 radical (unpaired) electrons. The van der Waals surface area contributed by atoms with E-state index >= 15 is 0 Å². The van der Waals surface area contributed by atoms with E-state index in [4.69, 9.17) is 4.74 Å². The van der Waals surface area contributed by atoms with Crippen LogP contribution in [0.25, 0.3) is 0 Å². The van der Waals surface area contributed by atoms with Gasteiger partial charge in [-0.15, -0.1) is 0 Å². The van der Waals surface area contributed by atoms with Crippen LogP contribution in [-0.4, -0.2) is 69.0 Å². The fraction of sp³-hybridized carbons (Fsp3) is 0.588. The van der Waals surface area contributed by atoms with Gasteiger partial charge in [-0.25, -0.2) is 8.42 Å². The highest BCUT2D eigenvalue weighted by Crippen LogP contribution is 2.24. The number of hydrogen-bond donors (Lipinski definition) is 1. The maximum atomic E-state index is 12.9. The van der Waals surface area contributed by atoms with Crippen molar-refractivity contribution in [1.82, 2.24) is 9.21 Å². The molecule has 2 aliphatic heterocycles. The molecule has 7 nitrogen and oxygen atoms in total. The summed E-state index contributed by atoms with van der Waals surface area (Å²) in [5, 5.41) is 2.65. The quantitative estimate of drug-likeness (QED) is 0.863. The lowest BCUT2D eigenvalue weighted by molar-refractivity contribution is -0.114. The van der Waals surface area contributed by atoms with Gasteiger partial charge in [-0.3, -0.25) is 9.69 Å². The Balaban J connectivity index is 1.71. The molecule has 1 aromatic carbocycles. The molecule has 2 heterocycles. The predicted molar refractivity (Wildman–Crippen MR) is 94.9 cm³/mol. The van der Waals surface area contributed by atoms with Crippen molar-refractivity contribution in [2.75, 3.05) is 44.7 Å². The average molecular weight is 367 g/mol. The largest absolute Gasteiger partial charge is 0.379 e. The molecule has 1 aromatic rings. The SMILES string of the molecule is CC(=O)Nc1ccc(S(=O)(=O)N2CCC[C@H](N3CCOCC3)C2)cc1. The molecule has 0 bridgehead atoms. The molecule has 138 valence electrons. The van der Waals surface area contributed by atoms with Gasteiger partial charge >= 0.3 is 0 Å². The summed E-state index contributed by atoms with van der Waals surface area (Å²) in [7, 11) is -3.52. The molecule has 0 saturated carbocycles. The highest BCUT2D eigenvalue weighted by atomic mass is 32.2. The Kier molecular flexibility index (Phi) is 5.73. The van der Waals surface area contributed by atoms with Gasteiger partial charge in [0.2, 0.25) is 15.9 Å². The van der Waals surface area contributed by atoms with Crippen LogP contribution in [0.4, 0.5) is 5.69 Å². The van der Waals surface area contributed by atoms with Crippen molar-refractivity contribution in [2.45, 2.75) is 30.7 Å². The van der Waals surface area contributed by atoms with Crippen LogP contribution in [0.2, 0.25) is 0 Å². The first-order chi connectivity index (χ1) is 12.0. The summed E-state index contributed by atoms with van der Waals surface area (Å²) in [6, 6.07) is 6.61. The Morgan fingerprint density at radius 2 is 1.84 bits per heavy atom. The first kappa shape index (κ1) is 18.3. The Labute approximate surface area is 149 Å². The van der Waals surface area contributed by atoms with E-state index < -0.39 is 10.0 Å². The zero-order valence-electron chi connectivity index (χ0n) is 14.5. The molecule has 1 amide bonds. The lowest BCUT2D eigenvalue weighted by Crippen LogP contribution is -2.52. The van der Waals surface area contributed by atoms with Crippen LogP contribution in [0.15, 0.2) is 29.2 Å². The number of piperidine rings is 1. The maximum Gasteiger partial charge on any atom is 0.243 e. The van der Waals surface area contributed by atoms with Crippen molar-refractivity contribution in [3.63, 3.8) is 0 Å². The molecule has 25 heavy (non-hydrogen) atoms. The van der Waals surface area contributed by atoms with Gasteiger partial charge in [0.05, 0.1) is 18.1 Å². The molecule has 2 aliphatic rings. The second kappa shape index (κ2) is 7.82. The van der Waals surface area contributed by atoms with Gasteiger partial charge in [0.25, 0.3) is 0 Å². The fourth-order valence-electron chi connectivity index (χ4n) is 3.44. The van der Waals surface area contributed by atoms with Gasteiger partial charge in [-0.1, -0.05) is 0 Å². The van der Waals surface area contributed by atoms with Crippen molar-refractivity contribution in [3.8, 4) is 0 Å². The molecule has 1 atom stereocenters. The number of rotatable bonds is 4. The minimum atomic E-state index is -3.52. The number of hydrogen-bond acceptors (Lipinski definition) is 5. The van der Waals surface area contributed by atoms with E-state index in [1.54, 1.807) is 28.6 Å². The van der Waals surface area contributed by atoms with E-state index in [9.17, 15) is 13.2 Å². The third kappa shape index (κ3) is 4.38. The molecular formula is C17H25N3O4S. The summed E-state index contributed by atoms with van der Waals surface area (Å²) >= 11 is 0. The van der Waals surface area contributed by atoms with Gasteiger partial charge < -0.3 is 10.1 Å². The van der Waals surface area contributed by atoms with Crippen LogP contribution >= 0.6 is 0 Å². The molecule has 0 unspecified atom stereocenters. The molecular weight excluding hydrogens is 342 g/mol. The van der Waals surface area contributed by atoms with Crippen LogP contribution in [0, 0.1) is 0 Å².